The third kappa shape index (κ3) is 3.27. The Balaban J connectivity index is 3.20. The average molecular weight is 269 g/mol. The van der Waals surface area contributed by atoms with Crippen LogP contribution in [0, 0.1) is 16.0 Å². The van der Waals surface area contributed by atoms with Crippen LogP contribution in [0.15, 0.2) is 6.33 Å². The second kappa shape index (κ2) is 5.94. The molecular formula is C10H15N5O4. The molecule has 104 valence electrons. The maximum absolute atomic E-state index is 11.3. The molecule has 0 spiro atoms. The second-order valence-corrected chi connectivity index (χ2v) is 4.11. The maximum atomic E-state index is 11.3. The number of amides is 1. The van der Waals surface area contributed by atoms with Crippen LogP contribution in [0.2, 0.25) is 0 Å². The highest BCUT2D eigenvalue weighted by molar-refractivity contribution is 5.83. The van der Waals surface area contributed by atoms with Crippen LogP contribution in [-0.2, 0) is 4.79 Å². The summed E-state index contributed by atoms with van der Waals surface area (Å²) in [6.45, 7) is 3.51. The van der Waals surface area contributed by atoms with Crippen LogP contribution >= 0.6 is 0 Å². The van der Waals surface area contributed by atoms with E-state index in [4.69, 9.17) is 10.5 Å². The summed E-state index contributed by atoms with van der Waals surface area (Å²) >= 11 is 0. The number of hydrogen-bond donors (Lipinski definition) is 2. The molecule has 1 aromatic heterocycles. The highest BCUT2D eigenvalue weighted by Gasteiger charge is 2.28. The van der Waals surface area contributed by atoms with Crippen molar-refractivity contribution in [2.75, 3.05) is 12.4 Å². The monoisotopic (exact) mass is 269 g/mol. The number of hydrogen-bond acceptors (Lipinski definition) is 7. The van der Waals surface area contributed by atoms with Gasteiger partial charge < -0.3 is 15.8 Å². The first kappa shape index (κ1) is 14.6. The summed E-state index contributed by atoms with van der Waals surface area (Å²) < 4.78 is 4.80. The van der Waals surface area contributed by atoms with Crippen molar-refractivity contribution in [3.8, 4) is 5.88 Å². The minimum Gasteiger partial charge on any atom is -0.476 e. The zero-order valence-electron chi connectivity index (χ0n) is 10.8. The highest BCUT2D eigenvalue weighted by atomic mass is 16.6. The summed E-state index contributed by atoms with van der Waals surface area (Å²) in [4.78, 5) is 29.0. The Labute approximate surface area is 109 Å². The van der Waals surface area contributed by atoms with E-state index in [1.54, 1.807) is 13.8 Å². The first-order chi connectivity index (χ1) is 8.88. The molecule has 0 aliphatic rings. The molecule has 0 saturated carbocycles. The lowest BCUT2D eigenvalue weighted by atomic mass is 10.0. The Morgan fingerprint density at radius 2 is 2.16 bits per heavy atom. The van der Waals surface area contributed by atoms with Crippen molar-refractivity contribution in [3.63, 3.8) is 0 Å². The molecule has 0 aromatic carbocycles. The SMILES string of the molecule is COc1ncnc(NC(C(N)=O)C(C)C)c1[N+](=O)[O-]. The Hall–Kier alpha value is -2.45. The van der Waals surface area contributed by atoms with Gasteiger partial charge in [-0.25, -0.2) is 4.98 Å². The van der Waals surface area contributed by atoms with Crippen LogP contribution in [0.1, 0.15) is 13.8 Å². The number of nitrogens with one attached hydrogen (secondary N) is 1. The van der Waals surface area contributed by atoms with Gasteiger partial charge in [0.15, 0.2) is 0 Å². The quantitative estimate of drug-likeness (QED) is 0.560. The molecule has 1 amide bonds. The van der Waals surface area contributed by atoms with Crippen molar-refractivity contribution in [2.45, 2.75) is 19.9 Å². The molecule has 1 aromatic rings. The number of primary amides is 1. The molecule has 1 heterocycles. The van der Waals surface area contributed by atoms with E-state index in [0.29, 0.717) is 0 Å². The molecule has 19 heavy (non-hydrogen) atoms. The molecule has 1 rings (SSSR count). The Morgan fingerprint density at radius 3 is 2.58 bits per heavy atom. The number of carbonyl (C=O) groups excluding carboxylic acids is 1. The Kier molecular flexibility index (Phi) is 4.56. The second-order valence-electron chi connectivity index (χ2n) is 4.11. The van der Waals surface area contributed by atoms with Gasteiger partial charge in [-0.05, 0) is 5.92 Å². The van der Waals surface area contributed by atoms with Crippen molar-refractivity contribution in [2.24, 2.45) is 11.7 Å². The van der Waals surface area contributed by atoms with Gasteiger partial charge in [-0.3, -0.25) is 14.9 Å². The number of nitrogens with two attached hydrogens (primary N) is 1. The fourth-order valence-electron chi connectivity index (χ4n) is 1.50. The van der Waals surface area contributed by atoms with E-state index in [-0.39, 0.29) is 17.6 Å². The van der Waals surface area contributed by atoms with Gasteiger partial charge in [0, 0.05) is 0 Å². The third-order valence-corrected chi connectivity index (χ3v) is 2.43. The van der Waals surface area contributed by atoms with Crippen LogP contribution in [0.25, 0.3) is 0 Å². The molecule has 0 radical (unpaired) electrons. The molecule has 1 atom stereocenters. The number of anilines is 1. The van der Waals surface area contributed by atoms with Crippen molar-refractivity contribution >= 4 is 17.4 Å². The third-order valence-electron chi connectivity index (χ3n) is 2.43. The van der Waals surface area contributed by atoms with E-state index in [1.807, 2.05) is 0 Å². The summed E-state index contributed by atoms with van der Waals surface area (Å²) in [6, 6.07) is -0.779. The van der Waals surface area contributed by atoms with Crippen LogP contribution in [-0.4, -0.2) is 34.0 Å². The van der Waals surface area contributed by atoms with Gasteiger partial charge in [-0.1, -0.05) is 13.8 Å². The van der Waals surface area contributed by atoms with Gasteiger partial charge >= 0.3 is 5.69 Å². The van der Waals surface area contributed by atoms with Gasteiger partial charge in [-0.2, -0.15) is 4.98 Å². The fraction of sp³-hybridized carbons (Fsp3) is 0.500. The molecule has 3 N–H and O–H groups in total. The molecule has 0 saturated heterocycles. The predicted molar refractivity (Wildman–Crippen MR) is 66.7 cm³/mol. The number of methoxy groups -OCH3 is 1. The van der Waals surface area contributed by atoms with Crippen LogP contribution < -0.4 is 15.8 Å². The van der Waals surface area contributed by atoms with E-state index in [9.17, 15) is 14.9 Å². The average Bonchev–Trinajstić information content (AvgIpc) is 2.34. The standard InChI is InChI=1S/C10H15N5O4/c1-5(2)6(8(11)16)14-9-7(15(17)18)10(19-3)13-4-12-9/h4-6H,1-3H3,(H2,11,16)(H,12,13,14). The summed E-state index contributed by atoms with van der Waals surface area (Å²) in [5.41, 5.74) is 4.80. The molecule has 0 aliphatic carbocycles. The molecular weight excluding hydrogens is 254 g/mol. The lowest BCUT2D eigenvalue weighted by molar-refractivity contribution is -0.385. The smallest absolute Gasteiger partial charge is 0.372 e. The van der Waals surface area contributed by atoms with E-state index >= 15 is 0 Å². The molecule has 1 unspecified atom stereocenters. The molecule has 0 aliphatic heterocycles. The van der Waals surface area contributed by atoms with E-state index < -0.39 is 22.6 Å². The Bertz CT molecular complexity index is 491. The maximum Gasteiger partial charge on any atom is 0.372 e. The van der Waals surface area contributed by atoms with E-state index in [1.165, 1.54) is 7.11 Å². The lowest BCUT2D eigenvalue weighted by Gasteiger charge is -2.19. The van der Waals surface area contributed by atoms with Crippen LogP contribution in [0.4, 0.5) is 11.5 Å². The summed E-state index contributed by atoms with van der Waals surface area (Å²) in [6.07, 6.45) is 1.10. The zero-order chi connectivity index (χ0) is 14.6. The molecule has 9 nitrogen and oxygen atoms in total. The zero-order valence-corrected chi connectivity index (χ0v) is 10.8. The van der Waals surface area contributed by atoms with Crippen molar-refractivity contribution in [1.29, 1.82) is 0 Å². The number of rotatable bonds is 6. The highest BCUT2D eigenvalue weighted by Crippen LogP contribution is 2.31. The van der Waals surface area contributed by atoms with Crippen molar-refractivity contribution < 1.29 is 14.5 Å². The van der Waals surface area contributed by atoms with Crippen molar-refractivity contribution in [1.82, 2.24) is 9.97 Å². The first-order valence-corrected chi connectivity index (χ1v) is 5.47. The van der Waals surface area contributed by atoms with E-state index in [2.05, 4.69) is 15.3 Å². The van der Waals surface area contributed by atoms with Crippen LogP contribution in [0.3, 0.4) is 0 Å². The Morgan fingerprint density at radius 1 is 1.53 bits per heavy atom. The lowest BCUT2D eigenvalue weighted by Crippen LogP contribution is -2.40. The molecule has 9 heteroatoms. The minimum atomic E-state index is -0.779. The minimum absolute atomic E-state index is 0.102. The predicted octanol–water partition coefficient (Wildman–Crippen LogP) is 0.315. The summed E-state index contributed by atoms with van der Waals surface area (Å²) in [7, 11) is 1.26. The number of carbonyl (C=O) groups is 1. The summed E-state index contributed by atoms with van der Waals surface area (Å²) in [5, 5.41) is 13.7. The molecule has 0 fully saturated rings. The number of ether oxygens (including phenoxy) is 1. The van der Waals surface area contributed by atoms with E-state index in [0.717, 1.165) is 6.33 Å². The summed E-state index contributed by atoms with van der Waals surface area (Å²) in [5.74, 6) is -1.07. The topological polar surface area (TPSA) is 133 Å². The normalized spacial score (nSPS) is 12.0. The largest absolute Gasteiger partial charge is 0.476 e. The molecule has 0 bridgehead atoms. The van der Waals surface area contributed by atoms with Gasteiger partial charge in [0.05, 0.1) is 12.0 Å². The fourth-order valence-corrected chi connectivity index (χ4v) is 1.50. The first-order valence-electron chi connectivity index (χ1n) is 5.47. The van der Waals surface area contributed by atoms with Gasteiger partial charge in [0.2, 0.25) is 11.7 Å². The van der Waals surface area contributed by atoms with Gasteiger partial charge in [0.1, 0.15) is 12.4 Å². The number of nitro groups is 1. The number of aromatic nitrogens is 2. The van der Waals surface area contributed by atoms with Crippen LogP contribution in [0.5, 0.6) is 5.88 Å². The van der Waals surface area contributed by atoms with Crippen molar-refractivity contribution in [3.05, 3.63) is 16.4 Å². The van der Waals surface area contributed by atoms with Gasteiger partial charge in [0.25, 0.3) is 5.88 Å². The number of nitrogens with zero attached hydrogens (tertiary/aromatic N) is 3. The van der Waals surface area contributed by atoms with Gasteiger partial charge in [-0.15, -0.1) is 0 Å².